The summed E-state index contributed by atoms with van der Waals surface area (Å²) >= 11 is 6.02. The Morgan fingerprint density at radius 1 is 0.962 bits per heavy atom. The normalized spacial score (nSPS) is 11.2. The van der Waals surface area contributed by atoms with Crippen molar-refractivity contribution in [3.63, 3.8) is 0 Å². The highest BCUT2D eigenvalue weighted by Gasteiger charge is 2.11. The summed E-state index contributed by atoms with van der Waals surface area (Å²) in [6.07, 6.45) is 1.70. The molecule has 0 radical (unpaired) electrons. The van der Waals surface area contributed by atoms with E-state index in [9.17, 15) is 0 Å². The summed E-state index contributed by atoms with van der Waals surface area (Å²) < 4.78 is 5.39. The van der Waals surface area contributed by atoms with Crippen LogP contribution in [0.15, 0.2) is 59.1 Å². The lowest BCUT2D eigenvalue weighted by Gasteiger charge is -2.20. The van der Waals surface area contributed by atoms with Crippen LogP contribution in [0.25, 0.3) is 11.4 Å². The number of hydrogen-bond acceptors (Lipinski definition) is 5. The summed E-state index contributed by atoms with van der Waals surface area (Å²) in [6.45, 7) is 3.27. The zero-order valence-corrected chi connectivity index (χ0v) is 15.4. The van der Waals surface area contributed by atoms with Crippen molar-refractivity contribution >= 4 is 11.6 Å². The highest BCUT2D eigenvalue weighted by molar-refractivity contribution is 6.30. The molecule has 0 spiro atoms. The smallest absolute Gasteiger partial charge is 0.228 e. The second-order valence-electron chi connectivity index (χ2n) is 6.14. The molecule has 2 N–H and O–H groups in total. The molecule has 0 fully saturated rings. The minimum absolute atomic E-state index is 0.567. The predicted molar refractivity (Wildman–Crippen MR) is 104 cm³/mol. The number of nitrogens with zero attached hydrogens (tertiary/aromatic N) is 3. The summed E-state index contributed by atoms with van der Waals surface area (Å²) in [5, 5.41) is 4.71. The third-order valence-electron chi connectivity index (χ3n) is 4.20. The van der Waals surface area contributed by atoms with E-state index in [1.54, 1.807) is 0 Å². The minimum atomic E-state index is 0.567. The van der Waals surface area contributed by atoms with Gasteiger partial charge in [0, 0.05) is 43.2 Å². The van der Waals surface area contributed by atoms with Gasteiger partial charge in [0.05, 0.1) is 0 Å². The van der Waals surface area contributed by atoms with Crippen molar-refractivity contribution in [1.29, 1.82) is 0 Å². The molecule has 0 aliphatic carbocycles. The van der Waals surface area contributed by atoms with E-state index in [-0.39, 0.29) is 0 Å². The van der Waals surface area contributed by atoms with Crippen molar-refractivity contribution in [2.24, 2.45) is 5.73 Å². The molecule has 0 aliphatic rings. The number of hydrogen-bond donors (Lipinski definition) is 1. The maximum absolute atomic E-state index is 6.02. The Bertz CT molecular complexity index is 806. The fourth-order valence-electron chi connectivity index (χ4n) is 2.80. The number of rotatable bonds is 9. The third-order valence-corrected chi connectivity index (χ3v) is 4.43. The fourth-order valence-corrected chi connectivity index (χ4v) is 3.00. The molecule has 5 nitrogen and oxygen atoms in total. The molecule has 0 saturated carbocycles. The first-order valence-electron chi connectivity index (χ1n) is 8.79. The third kappa shape index (κ3) is 5.39. The van der Waals surface area contributed by atoms with E-state index in [1.807, 2.05) is 30.3 Å². The van der Waals surface area contributed by atoms with Crippen LogP contribution in [-0.4, -0.2) is 41.2 Å². The second kappa shape index (κ2) is 9.48. The Morgan fingerprint density at radius 3 is 2.54 bits per heavy atom. The molecule has 0 saturated heterocycles. The van der Waals surface area contributed by atoms with E-state index in [0.29, 0.717) is 29.7 Å². The lowest BCUT2D eigenvalue weighted by Crippen LogP contribution is -2.33. The van der Waals surface area contributed by atoms with Gasteiger partial charge in [-0.1, -0.05) is 59.2 Å². The van der Waals surface area contributed by atoms with Crippen molar-refractivity contribution in [1.82, 2.24) is 15.0 Å². The maximum atomic E-state index is 6.02. The average Bonchev–Trinajstić information content (AvgIpc) is 3.14. The molecular weight excluding hydrogens is 348 g/mol. The van der Waals surface area contributed by atoms with E-state index in [4.69, 9.17) is 21.9 Å². The zero-order valence-electron chi connectivity index (χ0n) is 14.6. The van der Waals surface area contributed by atoms with E-state index in [1.165, 1.54) is 5.56 Å². The minimum Gasteiger partial charge on any atom is -0.339 e. The fraction of sp³-hybridized carbons (Fsp3) is 0.300. The molecule has 0 amide bonds. The Balaban J connectivity index is 1.55. The number of halogens is 1. The summed E-state index contributed by atoms with van der Waals surface area (Å²) in [7, 11) is 0. The topological polar surface area (TPSA) is 68.2 Å². The van der Waals surface area contributed by atoms with Gasteiger partial charge in [-0.25, -0.2) is 0 Å². The van der Waals surface area contributed by atoms with Crippen molar-refractivity contribution in [2.75, 3.05) is 26.2 Å². The predicted octanol–water partition coefficient (Wildman–Crippen LogP) is 3.44. The molecule has 0 bridgehead atoms. The van der Waals surface area contributed by atoms with Crippen LogP contribution in [0.1, 0.15) is 11.5 Å². The van der Waals surface area contributed by atoms with E-state index in [0.717, 1.165) is 31.6 Å². The zero-order chi connectivity index (χ0) is 18.2. The SMILES string of the molecule is NCCN(CCc1ccccc1)CCc1nc(-c2cccc(Cl)c2)no1. The van der Waals surface area contributed by atoms with Crippen molar-refractivity contribution < 1.29 is 4.52 Å². The molecule has 0 unspecified atom stereocenters. The monoisotopic (exact) mass is 370 g/mol. The maximum Gasteiger partial charge on any atom is 0.228 e. The van der Waals surface area contributed by atoms with E-state index < -0.39 is 0 Å². The molecule has 26 heavy (non-hydrogen) atoms. The van der Waals surface area contributed by atoms with Crippen LogP contribution in [0.5, 0.6) is 0 Å². The van der Waals surface area contributed by atoms with Crippen molar-refractivity contribution in [3.05, 3.63) is 71.1 Å². The Hall–Kier alpha value is -2.21. The molecule has 3 aromatic rings. The molecule has 6 heteroatoms. The molecule has 136 valence electrons. The van der Waals surface area contributed by atoms with Gasteiger partial charge in [-0.05, 0) is 24.1 Å². The van der Waals surface area contributed by atoms with Crippen LogP contribution in [0.3, 0.4) is 0 Å². The van der Waals surface area contributed by atoms with Crippen LogP contribution in [0, 0.1) is 0 Å². The number of nitrogens with two attached hydrogens (primary N) is 1. The van der Waals surface area contributed by atoms with Crippen LogP contribution in [0.2, 0.25) is 5.02 Å². The lowest BCUT2D eigenvalue weighted by molar-refractivity contribution is 0.272. The molecule has 1 heterocycles. The van der Waals surface area contributed by atoms with Gasteiger partial charge in [0.15, 0.2) is 0 Å². The average molecular weight is 371 g/mol. The lowest BCUT2D eigenvalue weighted by atomic mass is 10.1. The first kappa shape index (κ1) is 18.6. The van der Waals surface area contributed by atoms with Crippen molar-refractivity contribution in [2.45, 2.75) is 12.8 Å². The number of benzene rings is 2. The van der Waals surface area contributed by atoms with Gasteiger partial charge in [0.25, 0.3) is 0 Å². The van der Waals surface area contributed by atoms with Gasteiger partial charge < -0.3 is 15.2 Å². The van der Waals surface area contributed by atoms with Gasteiger partial charge in [-0.15, -0.1) is 0 Å². The van der Waals surface area contributed by atoms with Gasteiger partial charge in [-0.3, -0.25) is 0 Å². The highest BCUT2D eigenvalue weighted by Crippen LogP contribution is 2.20. The molecule has 3 rings (SSSR count). The van der Waals surface area contributed by atoms with Gasteiger partial charge in [-0.2, -0.15) is 4.98 Å². The first-order valence-corrected chi connectivity index (χ1v) is 9.17. The first-order chi connectivity index (χ1) is 12.7. The van der Waals surface area contributed by atoms with Gasteiger partial charge in [0.2, 0.25) is 11.7 Å². The van der Waals surface area contributed by atoms with Crippen LogP contribution >= 0.6 is 11.6 Å². The standard InChI is InChI=1S/C20H23ClN4O/c21-18-8-4-7-17(15-18)20-23-19(26-24-20)10-13-25(14-11-22)12-9-16-5-2-1-3-6-16/h1-8,15H,9-14,22H2. The van der Waals surface area contributed by atoms with Crippen LogP contribution < -0.4 is 5.73 Å². The van der Waals surface area contributed by atoms with Crippen LogP contribution in [0.4, 0.5) is 0 Å². The van der Waals surface area contributed by atoms with E-state index >= 15 is 0 Å². The Morgan fingerprint density at radius 2 is 1.77 bits per heavy atom. The van der Waals surface area contributed by atoms with Gasteiger partial charge >= 0.3 is 0 Å². The van der Waals surface area contributed by atoms with E-state index in [2.05, 4.69) is 39.3 Å². The number of aromatic nitrogens is 2. The molecular formula is C20H23ClN4O. The van der Waals surface area contributed by atoms with Crippen molar-refractivity contribution in [3.8, 4) is 11.4 Å². The highest BCUT2D eigenvalue weighted by atomic mass is 35.5. The molecule has 2 aromatic carbocycles. The Kier molecular flexibility index (Phi) is 6.77. The summed E-state index contributed by atoms with van der Waals surface area (Å²) in [4.78, 5) is 6.81. The second-order valence-corrected chi connectivity index (χ2v) is 6.57. The van der Waals surface area contributed by atoms with Gasteiger partial charge in [0.1, 0.15) is 0 Å². The Labute approximate surface area is 158 Å². The molecule has 0 aliphatic heterocycles. The quantitative estimate of drug-likeness (QED) is 0.625. The molecule has 0 atom stereocenters. The van der Waals surface area contributed by atoms with Crippen LogP contribution in [-0.2, 0) is 12.8 Å². The molecule has 1 aromatic heterocycles. The summed E-state index contributed by atoms with van der Waals surface area (Å²) in [6, 6.07) is 17.9. The summed E-state index contributed by atoms with van der Waals surface area (Å²) in [5.74, 6) is 1.19. The largest absolute Gasteiger partial charge is 0.339 e. The summed E-state index contributed by atoms with van der Waals surface area (Å²) in [5.41, 5.74) is 7.94.